The van der Waals surface area contributed by atoms with Crippen LogP contribution in [0.1, 0.15) is 17.4 Å². The molecule has 0 atom stereocenters. The molecule has 0 radical (unpaired) electrons. The predicted molar refractivity (Wildman–Crippen MR) is 128 cm³/mol. The Morgan fingerprint density at radius 1 is 1.24 bits per heavy atom. The normalized spacial score (nSPS) is 10.4. The van der Waals surface area contributed by atoms with E-state index in [2.05, 4.69) is 42.8 Å². The highest BCUT2D eigenvalue weighted by Gasteiger charge is 2.20. The molecule has 0 aliphatic rings. The molecule has 3 amide bonds. The fourth-order valence-electron chi connectivity index (χ4n) is 3.16. The lowest BCUT2D eigenvalue weighted by atomic mass is 10.1. The van der Waals surface area contributed by atoms with Gasteiger partial charge in [-0.25, -0.2) is 9.78 Å². The number of urea groups is 1. The molecule has 3 rings (SSSR count). The van der Waals surface area contributed by atoms with Gasteiger partial charge < -0.3 is 20.3 Å². The van der Waals surface area contributed by atoms with Crippen LogP contribution in [0.4, 0.5) is 22.0 Å². The van der Waals surface area contributed by atoms with Crippen LogP contribution in [0.25, 0.3) is 11.4 Å². The number of methoxy groups -OCH3 is 1. The molecule has 1 aromatic carbocycles. The van der Waals surface area contributed by atoms with Crippen LogP contribution < -0.4 is 20.7 Å². The predicted octanol–water partition coefficient (Wildman–Crippen LogP) is 2.42. The van der Waals surface area contributed by atoms with Crippen LogP contribution in [0, 0.1) is 0 Å². The van der Waals surface area contributed by atoms with Gasteiger partial charge in [0.25, 0.3) is 5.91 Å². The van der Waals surface area contributed by atoms with Crippen molar-refractivity contribution in [1.82, 2.24) is 35.2 Å². The fraction of sp³-hybridized carbons (Fsp3) is 0.273. The number of ether oxygens (including phenoxy) is 1. The molecule has 3 aromatic rings. The summed E-state index contributed by atoms with van der Waals surface area (Å²) in [6.07, 6.45) is 1.59. The zero-order chi connectivity index (χ0) is 24.8. The van der Waals surface area contributed by atoms with Crippen molar-refractivity contribution in [3.05, 3.63) is 48.4 Å². The van der Waals surface area contributed by atoms with Crippen molar-refractivity contribution in [2.45, 2.75) is 6.92 Å². The minimum atomic E-state index is -0.450. The first-order valence-corrected chi connectivity index (χ1v) is 10.3. The lowest BCUT2D eigenvalue weighted by Crippen LogP contribution is -2.33. The number of aromatic nitrogens is 5. The number of carbonyl (C=O) groups is 2. The van der Waals surface area contributed by atoms with Crippen LogP contribution in [-0.2, 0) is 7.05 Å². The first kappa shape index (κ1) is 24.2. The van der Waals surface area contributed by atoms with Gasteiger partial charge in [0.05, 0.1) is 24.0 Å². The summed E-state index contributed by atoms with van der Waals surface area (Å²) in [5.74, 6) is 0.667. The van der Waals surface area contributed by atoms with E-state index in [0.717, 1.165) is 5.57 Å². The number of anilines is 3. The standard InChI is InChI=1S/C22H27N9O3/c1-13(2)11-30(4)22(33)26-17-10-16(18(28-27-17)21(32)23-3)25-15-9-7-8-14(19(15)34-6)20-24-12-31(5)29-20/h7-10,12H,1,11H2,2-6H3,(H,23,32)(H2,25,26,27,33). The maximum atomic E-state index is 12.5. The molecular weight excluding hydrogens is 438 g/mol. The molecule has 0 saturated carbocycles. The Morgan fingerprint density at radius 3 is 2.62 bits per heavy atom. The van der Waals surface area contributed by atoms with Gasteiger partial charge in [-0.2, -0.15) is 5.10 Å². The summed E-state index contributed by atoms with van der Waals surface area (Å²) in [5.41, 5.74) is 2.39. The van der Waals surface area contributed by atoms with Gasteiger partial charge in [0.1, 0.15) is 6.33 Å². The van der Waals surface area contributed by atoms with Gasteiger partial charge in [-0.1, -0.05) is 18.2 Å². The van der Waals surface area contributed by atoms with Gasteiger partial charge >= 0.3 is 6.03 Å². The van der Waals surface area contributed by atoms with E-state index in [1.165, 1.54) is 25.1 Å². The summed E-state index contributed by atoms with van der Waals surface area (Å²) in [4.78, 5) is 30.6. The third kappa shape index (κ3) is 5.46. The van der Waals surface area contributed by atoms with E-state index in [1.807, 2.05) is 13.0 Å². The summed E-state index contributed by atoms with van der Waals surface area (Å²) < 4.78 is 7.22. The van der Waals surface area contributed by atoms with Gasteiger partial charge in [-0.3, -0.25) is 14.8 Å². The van der Waals surface area contributed by atoms with Crippen LogP contribution >= 0.6 is 0 Å². The summed E-state index contributed by atoms with van der Waals surface area (Å²) in [5, 5.41) is 20.7. The Balaban J connectivity index is 1.98. The average molecular weight is 466 g/mol. The molecule has 12 heteroatoms. The Labute approximate surface area is 197 Å². The number of hydrogen-bond acceptors (Lipinski definition) is 8. The second-order valence-electron chi connectivity index (χ2n) is 7.57. The summed E-state index contributed by atoms with van der Waals surface area (Å²) in [6, 6.07) is 6.54. The summed E-state index contributed by atoms with van der Waals surface area (Å²) in [7, 11) is 6.43. The molecular formula is C22H27N9O3. The van der Waals surface area contributed by atoms with Crippen LogP contribution in [0.5, 0.6) is 5.75 Å². The Kier molecular flexibility index (Phi) is 7.41. The lowest BCUT2D eigenvalue weighted by molar-refractivity contribution is 0.0958. The molecule has 0 saturated heterocycles. The number of likely N-dealkylation sites (N-methyl/N-ethyl adjacent to an activating group) is 1. The molecule has 0 aliphatic heterocycles. The number of benzene rings is 1. The first-order valence-electron chi connectivity index (χ1n) is 10.3. The lowest BCUT2D eigenvalue weighted by Gasteiger charge is -2.18. The van der Waals surface area contributed by atoms with E-state index in [9.17, 15) is 9.59 Å². The second-order valence-corrected chi connectivity index (χ2v) is 7.57. The van der Waals surface area contributed by atoms with E-state index in [1.54, 1.807) is 37.2 Å². The largest absolute Gasteiger partial charge is 0.494 e. The third-order valence-electron chi connectivity index (χ3n) is 4.65. The highest BCUT2D eigenvalue weighted by Crippen LogP contribution is 2.37. The van der Waals surface area contributed by atoms with E-state index in [4.69, 9.17) is 4.74 Å². The zero-order valence-corrected chi connectivity index (χ0v) is 19.7. The van der Waals surface area contributed by atoms with Gasteiger partial charge in [-0.15, -0.1) is 10.2 Å². The van der Waals surface area contributed by atoms with Crippen molar-refractivity contribution >= 4 is 29.1 Å². The molecule has 2 aromatic heterocycles. The van der Waals surface area contributed by atoms with Crippen LogP contribution in [0.3, 0.4) is 0 Å². The molecule has 0 aliphatic carbocycles. The molecule has 34 heavy (non-hydrogen) atoms. The van der Waals surface area contributed by atoms with E-state index < -0.39 is 11.9 Å². The van der Waals surface area contributed by atoms with Crippen LogP contribution in [0.2, 0.25) is 0 Å². The first-order chi connectivity index (χ1) is 16.2. The number of carbonyl (C=O) groups excluding carboxylic acids is 2. The number of amides is 3. The maximum absolute atomic E-state index is 12.5. The smallest absolute Gasteiger partial charge is 0.323 e. The number of nitrogens with zero attached hydrogens (tertiary/aromatic N) is 6. The van der Waals surface area contributed by atoms with Crippen LogP contribution in [0.15, 0.2) is 42.7 Å². The molecule has 2 heterocycles. The van der Waals surface area contributed by atoms with Crippen LogP contribution in [-0.4, -0.2) is 69.5 Å². The Hall–Kier alpha value is -4.48. The SMILES string of the molecule is C=C(C)CN(C)C(=O)Nc1cc(Nc2cccc(-c3ncn(C)n3)c2OC)c(C(=O)NC)nn1. The molecule has 178 valence electrons. The van der Waals surface area contributed by atoms with E-state index in [-0.39, 0.29) is 11.5 Å². The van der Waals surface area contributed by atoms with Gasteiger partial charge in [0, 0.05) is 33.8 Å². The number of para-hydroxylation sites is 1. The van der Waals surface area contributed by atoms with Gasteiger partial charge in [0.2, 0.25) is 0 Å². The van der Waals surface area contributed by atoms with Crippen molar-refractivity contribution < 1.29 is 14.3 Å². The zero-order valence-electron chi connectivity index (χ0n) is 19.7. The fourth-order valence-corrected chi connectivity index (χ4v) is 3.16. The molecule has 0 unspecified atom stereocenters. The van der Waals surface area contributed by atoms with Gasteiger partial charge in [0.15, 0.2) is 23.1 Å². The van der Waals surface area contributed by atoms with E-state index in [0.29, 0.717) is 35.1 Å². The average Bonchev–Trinajstić information content (AvgIpc) is 3.24. The van der Waals surface area contributed by atoms with Crippen molar-refractivity contribution in [2.24, 2.45) is 7.05 Å². The van der Waals surface area contributed by atoms with Crippen molar-refractivity contribution in [3.8, 4) is 17.1 Å². The third-order valence-corrected chi connectivity index (χ3v) is 4.65. The Bertz CT molecular complexity index is 1220. The highest BCUT2D eigenvalue weighted by atomic mass is 16.5. The molecule has 12 nitrogen and oxygen atoms in total. The Morgan fingerprint density at radius 2 is 2.00 bits per heavy atom. The summed E-state index contributed by atoms with van der Waals surface area (Å²) in [6.45, 7) is 6.01. The minimum Gasteiger partial charge on any atom is -0.494 e. The molecule has 0 spiro atoms. The topological polar surface area (TPSA) is 139 Å². The summed E-state index contributed by atoms with van der Waals surface area (Å²) >= 11 is 0. The van der Waals surface area contributed by atoms with Crippen molar-refractivity contribution in [2.75, 3.05) is 38.4 Å². The quantitative estimate of drug-likeness (QED) is 0.431. The van der Waals surface area contributed by atoms with E-state index >= 15 is 0 Å². The van der Waals surface area contributed by atoms with Gasteiger partial charge in [-0.05, 0) is 19.1 Å². The monoisotopic (exact) mass is 465 g/mol. The number of nitrogens with one attached hydrogen (secondary N) is 3. The second kappa shape index (κ2) is 10.4. The van der Waals surface area contributed by atoms with Crippen molar-refractivity contribution in [1.29, 1.82) is 0 Å². The number of hydrogen-bond donors (Lipinski definition) is 3. The molecule has 3 N–H and O–H groups in total. The maximum Gasteiger partial charge on any atom is 0.323 e. The molecule has 0 bridgehead atoms. The molecule has 0 fully saturated rings. The number of aryl methyl sites for hydroxylation is 1. The highest BCUT2D eigenvalue weighted by molar-refractivity contribution is 5.99. The van der Waals surface area contributed by atoms with Crippen molar-refractivity contribution in [3.63, 3.8) is 0 Å². The number of rotatable bonds is 8. The minimum absolute atomic E-state index is 0.0409.